The van der Waals surface area contributed by atoms with E-state index in [-0.39, 0.29) is 6.04 Å². The van der Waals surface area contributed by atoms with Crippen LogP contribution in [0.4, 0.5) is 0 Å². The molecule has 0 radical (unpaired) electrons. The second-order valence-corrected chi connectivity index (χ2v) is 5.06. The summed E-state index contributed by atoms with van der Waals surface area (Å²) < 4.78 is 1.85. The van der Waals surface area contributed by atoms with E-state index < -0.39 is 0 Å². The highest BCUT2D eigenvalue weighted by molar-refractivity contribution is 7.09. The molecule has 5 heteroatoms. The summed E-state index contributed by atoms with van der Waals surface area (Å²) in [5.74, 6) is 0. The Kier molecular flexibility index (Phi) is 4.28. The van der Waals surface area contributed by atoms with Crippen LogP contribution in [0.2, 0.25) is 0 Å². The Morgan fingerprint density at radius 3 is 3.00 bits per heavy atom. The van der Waals surface area contributed by atoms with Crippen LogP contribution >= 0.6 is 11.3 Å². The molecule has 92 valence electrons. The first-order valence-electron chi connectivity index (χ1n) is 5.90. The first-order valence-corrected chi connectivity index (χ1v) is 6.78. The Morgan fingerprint density at radius 1 is 1.53 bits per heavy atom. The average molecular weight is 250 g/mol. The quantitative estimate of drug-likeness (QED) is 0.854. The van der Waals surface area contributed by atoms with Gasteiger partial charge in [-0.15, -0.1) is 11.3 Å². The number of hydrogen-bond donors (Lipinski definition) is 1. The van der Waals surface area contributed by atoms with E-state index in [0.717, 1.165) is 25.1 Å². The maximum atomic E-state index is 4.48. The minimum atomic E-state index is 0.289. The Balaban J connectivity index is 2.07. The van der Waals surface area contributed by atoms with Crippen molar-refractivity contribution in [2.45, 2.75) is 25.8 Å². The molecule has 1 atom stereocenters. The molecule has 0 aliphatic heterocycles. The van der Waals surface area contributed by atoms with Crippen molar-refractivity contribution in [2.75, 3.05) is 6.54 Å². The fourth-order valence-corrected chi connectivity index (χ4v) is 2.40. The van der Waals surface area contributed by atoms with Gasteiger partial charge in [0.05, 0.1) is 17.2 Å². The van der Waals surface area contributed by atoms with Gasteiger partial charge in [0.25, 0.3) is 0 Å². The van der Waals surface area contributed by atoms with Crippen LogP contribution in [0.5, 0.6) is 0 Å². The molecule has 1 N–H and O–H groups in total. The van der Waals surface area contributed by atoms with Crippen molar-refractivity contribution in [3.8, 4) is 0 Å². The summed E-state index contributed by atoms with van der Waals surface area (Å²) in [7, 11) is 1.95. The minimum absolute atomic E-state index is 0.289. The maximum Gasteiger partial charge on any atom is 0.0797 e. The van der Waals surface area contributed by atoms with Crippen LogP contribution in [-0.4, -0.2) is 21.3 Å². The van der Waals surface area contributed by atoms with Crippen molar-refractivity contribution < 1.29 is 0 Å². The second kappa shape index (κ2) is 5.93. The van der Waals surface area contributed by atoms with E-state index in [4.69, 9.17) is 0 Å². The molecule has 17 heavy (non-hydrogen) atoms. The normalized spacial score (nSPS) is 12.8. The molecule has 0 spiro atoms. The van der Waals surface area contributed by atoms with Crippen molar-refractivity contribution in [3.63, 3.8) is 0 Å². The molecular formula is C12H18N4S. The summed E-state index contributed by atoms with van der Waals surface area (Å²) in [6.45, 7) is 3.19. The third-order valence-electron chi connectivity index (χ3n) is 2.62. The van der Waals surface area contributed by atoms with Gasteiger partial charge < -0.3 is 5.32 Å². The third kappa shape index (κ3) is 3.38. The molecule has 4 nitrogen and oxygen atoms in total. The fraction of sp³-hybridized carbons (Fsp3) is 0.500. The Bertz CT molecular complexity index is 435. The van der Waals surface area contributed by atoms with Gasteiger partial charge in [-0.3, -0.25) is 9.67 Å². The number of rotatable bonds is 6. The molecule has 0 aliphatic rings. The molecule has 2 rings (SSSR count). The van der Waals surface area contributed by atoms with Crippen LogP contribution in [0.15, 0.2) is 24.0 Å². The van der Waals surface area contributed by atoms with Gasteiger partial charge in [0, 0.05) is 30.7 Å². The van der Waals surface area contributed by atoms with E-state index in [1.54, 1.807) is 11.3 Å². The summed E-state index contributed by atoms with van der Waals surface area (Å²) in [5.41, 5.74) is 2.99. The molecule has 0 amide bonds. The summed E-state index contributed by atoms with van der Waals surface area (Å²) in [4.78, 5) is 5.42. The summed E-state index contributed by atoms with van der Waals surface area (Å²) in [6, 6.07) is 2.37. The van der Waals surface area contributed by atoms with E-state index >= 15 is 0 Å². The zero-order valence-electron chi connectivity index (χ0n) is 10.3. The van der Waals surface area contributed by atoms with E-state index in [9.17, 15) is 0 Å². The van der Waals surface area contributed by atoms with Gasteiger partial charge in [-0.2, -0.15) is 5.10 Å². The predicted octanol–water partition coefficient (Wildman–Crippen LogP) is 2.16. The number of aromatic nitrogens is 3. The monoisotopic (exact) mass is 250 g/mol. The Morgan fingerprint density at radius 2 is 2.41 bits per heavy atom. The lowest BCUT2D eigenvalue weighted by Gasteiger charge is -2.15. The Hall–Kier alpha value is -1.20. The largest absolute Gasteiger partial charge is 0.308 e. The lowest BCUT2D eigenvalue weighted by atomic mass is 10.1. The van der Waals surface area contributed by atoms with Crippen molar-refractivity contribution in [2.24, 2.45) is 7.05 Å². The lowest BCUT2D eigenvalue weighted by molar-refractivity contribution is 0.513. The van der Waals surface area contributed by atoms with Gasteiger partial charge >= 0.3 is 0 Å². The van der Waals surface area contributed by atoms with Gasteiger partial charge in [-0.05, 0) is 19.0 Å². The molecular weight excluding hydrogens is 232 g/mol. The molecule has 1 unspecified atom stereocenters. The Labute approximate surface area is 106 Å². The molecule has 0 aliphatic carbocycles. The fourth-order valence-electron chi connectivity index (χ4n) is 1.76. The van der Waals surface area contributed by atoms with Crippen LogP contribution in [0.1, 0.15) is 30.0 Å². The summed E-state index contributed by atoms with van der Waals surface area (Å²) in [6.07, 6.45) is 6.02. The first-order chi connectivity index (χ1) is 8.29. The zero-order chi connectivity index (χ0) is 12.1. The molecule has 2 heterocycles. The van der Waals surface area contributed by atoms with Crippen LogP contribution in [0.3, 0.4) is 0 Å². The molecule has 0 aromatic carbocycles. The number of nitrogens with zero attached hydrogens (tertiary/aromatic N) is 3. The van der Waals surface area contributed by atoms with E-state index in [1.807, 2.05) is 29.6 Å². The van der Waals surface area contributed by atoms with Crippen LogP contribution in [0.25, 0.3) is 0 Å². The molecule has 0 bridgehead atoms. The second-order valence-electron chi connectivity index (χ2n) is 4.09. The third-order valence-corrected chi connectivity index (χ3v) is 3.42. The van der Waals surface area contributed by atoms with Crippen molar-refractivity contribution >= 4 is 11.3 Å². The molecule has 0 saturated carbocycles. The van der Waals surface area contributed by atoms with Crippen LogP contribution in [0, 0.1) is 0 Å². The number of nitrogens with one attached hydrogen (secondary N) is 1. The SMILES string of the molecule is CCCNC(Cc1cncs1)c1ccn(C)n1. The van der Waals surface area contributed by atoms with Gasteiger partial charge in [0.2, 0.25) is 0 Å². The van der Waals surface area contributed by atoms with Crippen LogP contribution in [-0.2, 0) is 13.5 Å². The molecule has 0 saturated heterocycles. The van der Waals surface area contributed by atoms with E-state index in [0.29, 0.717) is 0 Å². The number of hydrogen-bond acceptors (Lipinski definition) is 4. The van der Waals surface area contributed by atoms with Gasteiger partial charge in [0.1, 0.15) is 0 Å². The van der Waals surface area contributed by atoms with Gasteiger partial charge in [-0.25, -0.2) is 0 Å². The first kappa shape index (κ1) is 12.3. The summed E-state index contributed by atoms with van der Waals surface area (Å²) in [5, 5.41) is 8.02. The van der Waals surface area contributed by atoms with Gasteiger partial charge in [-0.1, -0.05) is 6.92 Å². The highest BCUT2D eigenvalue weighted by Crippen LogP contribution is 2.18. The number of aryl methyl sites for hydroxylation is 1. The molecule has 2 aromatic heterocycles. The minimum Gasteiger partial charge on any atom is -0.308 e. The number of thiazole rings is 1. The maximum absolute atomic E-state index is 4.48. The van der Waals surface area contributed by atoms with Crippen molar-refractivity contribution in [3.05, 3.63) is 34.5 Å². The van der Waals surface area contributed by atoms with Gasteiger partial charge in [0.15, 0.2) is 0 Å². The smallest absolute Gasteiger partial charge is 0.0797 e. The average Bonchev–Trinajstić information content (AvgIpc) is 2.95. The highest BCUT2D eigenvalue weighted by Gasteiger charge is 2.14. The predicted molar refractivity (Wildman–Crippen MR) is 70.1 cm³/mol. The summed E-state index contributed by atoms with van der Waals surface area (Å²) >= 11 is 1.70. The molecule has 2 aromatic rings. The zero-order valence-corrected chi connectivity index (χ0v) is 11.1. The molecule has 0 fully saturated rings. The van der Waals surface area contributed by atoms with Crippen LogP contribution < -0.4 is 5.32 Å². The van der Waals surface area contributed by atoms with Crippen molar-refractivity contribution in [1.29, 1.82) is 0 Å². The highest BCUT2D eigenvalue weighted by atomic mass is 32.1. The lowest BCUT2D eigenvalue weighted by Crippen LogP contribution is -2.24. The topological polar surface area (TPSA) is 42.7 Å². The van der Waals surface area contributed by atoms with Crippen molar-refractivity contribution in [1.82, 2.24) is 20.1 Å². The standard InChI is InChI=1S/C12H18N4S/c1-3-5-14-12(7-10-8-13-9-17-10)11-4-6-16(2)15-11/h4,6,8-9,12,14H,3,5,7H2,1-2H3. The van der Waals surface area contributed by atoms with E-state index in [1.165, 1.54) is 4.88 Å². The van der Waals surface area contributed by atoms with E-state index in [2.05, 4.69) is 28.4 Å².